The molecule has 3 aromatic carbocycles. The number of hydrogen-bond donors (Lipinski definition) is 9. The van der Waals surface area contributed by atoms with Crippen LogP contribution in [0.1, 0.15) is 74.3 Å². The number of amides is 4. The average molecular weight is 1210 g/mol. The zero-order valence-electron chi connectivity index (χ0n) is 47.0. The number of benzene rings is 3. The number of carbonyl (C=O) groups is 4. The molecule has 85 heavy (non-hydrogen) atoms. The number of anilines is 5. The number of nitrogens with zero attached hydrogens (tertiary/aromatic N) is 11. The standard InChI is InChI=1S/C20H20N6O.C19H21N7O2.C9H8N2.C5HCl2N3.C5H12N2O.ClH/c1-12(2)18(19(22)27)26-20-24-11-15(10-21)17(25-20)9-13-5-6-14-4-3-7-23-16(14)8-13;1-10(2)15(17(21)28)25-19-23-9-13(16(20)27)18(26-19)24-12-6-5-11-4-3-7-22-14(11)8-12;10-8-4-3-7-2-1-5-11-9(7)6-8;6-4-3(1-8)2-9-5(7)10-4;1-3(2)4(6)5(7)8;/h3-8,11-12,18H,9H2,1-2H3,(H2,22,27)(H,24,25,26);3-10,15H,1-2H3,(H2,20,27)(H2,21,28)(H2,23,24,25,26);1-6H,10H2;2H;3-4H,6H2,1-2H3,(H2,7,8);1H/t18-;15-;;;4-;/m11..1./s1. The van der Waals surface area contributed by atoms with Crippen molar-refractivity contribution in [2.45, 2.75) is 66.1 Å². The van der Waals surface area contributed by atoms with Gasteiger partial charge in [0.2, 0.25) is 34.9 Å². The number of pyridine rings is 3. The van der Waals surface area contributed by atoms with E-state index in [1.54, 1.807) is 24.7 Å². The minimum Gasteiger partial charge on any atom is -0.399 e. The van der Waals surface area contributed by atoms with E-state index in [1.165, 1.54) is 18.6 Å². The highest BCUT2D eigenvalue weighted by molar-refractivity contribution is 6.32. The maximum Gasteiger partial charge on any atom is 0.254 e. The molecule has 6 aromatic heterocycles. The van der Waals surface area contributed by atoms with Gasteiger partial charge in [0, 0.05) is 58.7 Å². The van der Waals surface area contributed by atoms with Crippen molar-refractivity contribution >= 4 is 121 Å². The lowest BCUT2D eigenvalue weighted by molar-refractivity contribution is -0.120. The van der Waals surface area contributed by atoms with Crippen LogP contribution in [0.2, 0.25) is 10.4 Å². The van der Waals surface area contributed by atoms with Crippen molar-refractivity contribution in [3.05, 3.63) is 167 Å². The molecule has 24 nitrogen and oxygen atoms in total. The predicted octanol–water partition coefficient (Wildman–Crippen LogP) is 7.55. The number of nitriles is 2. The summed E-state index contributed by atoms with van der Waals surface area (Å²) < 4.78 is 0. The van der Waals surface area contributed by atoms with E-state index in [0.717, 1.165) is 44.0 Å². The third-order valence-corrected chi connectivity index (χ3v) is 12.4. The van der Waals surface area contributed by atoms with E-state index in [0.29, 0.717) is 23.4 Å². The number of nitrogens with one attached hydrogen (secondary N) is 3. The number of hydrogen-bond acceptors (Lipinski definition) is 20. The zero-order chi connectivity index (χ0) is 61.6. The van der Waals surface area contributed by atoms with E-state index in [4.69, 9.17) is 62.9 Å². The van der Waals surface area contributed by atoms with Crippen LogP contribution in [0.15, 0.2) is 128 Å². The van der Waals surface area contributed by atoms with Gasteiger partial charge in [-0.1, -0.05) is 95.6 Å². The molecule has 0 saturated carbocycles. The van der Waals surface area contributed by atoms with Crippen molar-refractivity contribution in [3.63, 3.8) is 0 Å². The number of nitrogens with two attached hydrogens (primary N) is 6. The Morgan fingerprint density at radius 2 is 1.07 bits per heavy atom. The summed E-state index contributed by atoms with van der Waals surface area (Å²) in [5, 5.41) is 30.0. The molecule has 27 heteroatoms. The molecule has 9 rings (SSSR count). The topological polar surface area (TPSA) is 424 Å². The van der Waals surface area contributed by atoms with Crippen molar-refractivity contribution in [2.24, 2.45) is 46.4 Å². The molecule has 0 saturated heterocycles. The van der Waals surface area contributed by atoms with Gasteiger partial charge in [-0.05, 0) is 83.4 Å². The lowest BCUT2D eigenvalue weighted by Gasteiger charge is -2.19. The number of rotatable bonds is 15. The molecule has 3 atom stereocenters. The second-order valence-corrected chi connectivity index (χ2v) is 20.0. The summed E-state index contributed by atoms with van der Waals surface area (Å²) in [5.74, 6) is -1.39. The second-order valence-electron chi connectivity index (χ2n) is 19.3. The Balaban J connectivity index is 0.000000249. The fraction of sp³-hybridized carbons (Fsp3) is 0.224. The Hall–Kier alpha value is -9.98. The molecule has 0 bridgehead atoms. The van der Waals surface area contributed by atoms with Crippen LogP contribution in [0.4, 0.5) is 29.1 Å². The first kappa shape index (κ1) is 67.5. The molecule has 9 aromatic rings. The third kappa shape index (κ3) is 20.4. The number of nitrogen functional groups attached to an aromatic ring is 1. The Bertz CT molecular complexity index is 3860. The van der Waals surface area contributed by atoms with Crippen LogP contribution < -0.4 is 50.4 Å². The summed E-state index contributed by atoms with van der Waals surface area (Å²) in [7, 11) is 0. The maximum absolute atomic E-state index is 11.8. The number of primary amides is 4. The summed E-state index contributed by atoms with van der Waals surface area (Å²) in [6, 6.07) is 31.1. The first-order valence-corrected chi connectivity index (χ1v) is 26.5. The van der Waals surface area contributed by atoms with Gasteiger partial charge in [0.15, 0.2) is 5.15 Å². The largest absolute Gasteiger partial charge is 0.399 e. The molecule has 0 radical (unpaired) electrons. The highest BCUT2D eigenvalue weighted by atomic mass is 35.5. The summed E-state index contributed by atoms with van der Waals surface area (Å²) in [4.78, 5) is 82.2. The van der Waals surface area contributed by atoms with Gasteiger partial charge in [-0.3, -0.25) is 34.1 Å². The molecule has 6 heterocycles. The Morgan fingerprint density at radius 3 is 1.55 bits per heavy atom. The van der Waals surface area contributed by atoms with Crippen molar-refractivity contribution in [3.8, 4) is 12.1 Å². The summed E-state index contributed by atoms with van der Waals surface area (Å²) in [5.41, 5.74) is 38.4. The Morgan fingerprint density at radius 1 is 0.576 bits per heavy atom. The number of fused-ring (bicyclic) bond motifs is 3. The first-order chi connectivity index (χ1) is 40.0. The molecule has 15 N–H and O–H groups in total. The minimum atomic E-state index is -0.678. The average Bonchev–Trinajstić information content (AvgIpc) is 3.39. The molecular weight excluding hydrogens is 1150 g/mol. The third-order valence-electron chi connectivity index (χ3n) is 12.0. The van der Waals surface area contributed by atoms with E-state index in [9.17, 15) is 24.4 Å². The van der Waals surface area contributed by atoms with Gasteiger partial charge in [-0.15, -0.1) is 12.4 Å². The Kier molecular flexibility index (Phi) is 25.9. The Labute approximate surface area is 506 Å². The van der Waals surface area contributed by atoms with Crippen molar-refractivity contribution in [1.82, 2.24) is 44.9 Å². The quantitative estimate of drug-likeness (QED) is 0.0272. The van der Waals surface area contributed by atoms with E-state index in [1.807, 2.05) is 133 Å². The van der Waals surface area contributed by atoms with Gasteiger partial charge in [-0.2, -0.15) is 15.5 Å². The van der Waals surface area contributed by atoms with Crippen LogP contribution in [0.5, 0.6) is 0 Å². The van der Waals surface area contributed by atoms with Crippen LogP contribution >= 0.6 is 35.6 Å². The van der Waals surface area contributed by atoms with E-state index in [2.05, 4.69) is 66.9 Å². The second kappa shape index (κ2) is 32.6. The minimum absolute atomic E-state index is 0. The zero-order valence-corrected chi connectivity index (χ0v) is 49.3. The molecule has 0 unspecified atom stereocenters. The van der Waals surface area contributed by atoms with Gasteiger partial charge < -0.3 is 50.4 Å². The van der Waals surface area contributed by atoms with E-state index in [-0.39, 0.29) is 69.4 Å². The molecule has 0 spiro atoms. The van der Waals surface area contributed by atoms with Gasteiger partial charge in [-0.25, -0.2) is 24.9 Å². The number of carbonyl (C=O) groups excluding carboxylic acids is 4. The highest BCUT2D eigenvalue weighted by Gasteiger charge is 2.23. The predicted molar refractivity (Wildman–Crippen MR) is 332 cm³/mol. The smallest absolute Gasteiger partial charge is 0.254 e. The van der Waals surface area contributed by atoms with Crippen LogP contribution in [0.25, 0.3) is 32.7 Å². The molecular formula is C58H63Cl3N20O4. The molecule has 0 fully saturated rings. The monoisotopic (exact) mass is 1210 g/mol. The van der Waals surface area contributed by atoms with Crippen LogP contribution in [0.3, 0.4) is 0 Å². The van der Waals surface area contributed by atoms with E-state index >= 15 is 0 Å². The lowest BCUT2D eigenvalue weighted by atomic mass is 10.0. The molecule has 440 valence electrons. The fourth-order valence-corrected chi connectivity index (χ4v) is 7.72. The highest BCUT2D eigenvalue weighted by Crippen LogP contribution is 2.24. The van der Waals surface area contributed by atoms with Crippen molar-refractivity contribution in [1.29, 1.82) is 10.5 Å². The van der Waals surface area contributed by atoms with Crippen LogP contribution in [0, 0.1) is 40.4 Å². The maximum atomic E-state index is 11.8. The summed E-state index contributed by atoms with van der Waals surface area (Å²) in [6.07, 6.45) is 9.70. The van der Waals surface area contributed by atoms with Crippen LogP contribution in [-0.2, 0) is 20.8 Å². The lowest BCUT2D eigenvalue weighted by Crippen LogP contribution is -2.40. The summed E-state index contributed by atoms with van der Waals surface area (Å²) >= 11 is 10.8. The van der Waals surface area contributed by atoms with Gasteiger partial charge in [0.25, 0.3) is 5.91 Å². The van der Waals surface area contributed by atoms with Crippen molar-refractivity contribution < 1.29 is 19.2 Å². The SMILES string of the molecule is CC(C)[C@@H](N)C(N)=O.CC(C)[C@@H](Nc1ncc(C#N)c(Cc2ccc3cccnc3c2)n1)C(N)=O.CC(C)[C@@H](Nc1ncc(C(N)=O)c(Nc2ccc3cccnc3c2)n1)C(N)=O.Cl.N#Cc1cnc(Cl)nc1Cl.Nc1ccc2cccnc2c1. The van der Waals surface area contributed by atoms with Crippen molar-refractivity contribution in [2.75, 3.05) is 21.7 Å². The van der Waals surface area contributed by atoms with Gasteiger partial charge in [0.1, 0.15) is 41.2 Å². The van der Waals surface area contributed by atoms with E-state index < -0.39 is 41.8 Å². The molecule has 0 aliphatic carbocycles. The van der Waals surface area contributed by atoms with Gasteiger partial charge in [0.05, 0.1) is 46.2 Å². The fourth-order valence-electron chi connectivity index (χ4n) is 7.38. The normalized spacial score (nSPS) is 11.4. The number of halogens is 3. The number of aromatic nitrogens is 9. The first-order valence-electron chi connectivity index (χ1n) is 25.7. The van der Waals surface area contributed by atoms with Crippen LogP contribution in [-0.4, -0.2) is 86.6 Å². The molecule has 4 amide bonds. The molecule has 0 aliphatic heterocycles. The molecule has 0 aliphatic rings. The summed E-state index contributed by atoms with van der Waals surface area (Å²) in [6.45, 7) is 11.2. The van der Waals surface area contributed by atoms with Gasteiger partial charge >= 0.3 is 0 Å².